The molecule has 5 heteroatoms. The van der Waals surface area contributed by atoms with Crippen molar-refractivity contribution in [1.29, 1.82) is 0 Å². The van der Waals surface area contributed by atoms with Crippen molar-refractivity contribution < 1.29 is 0 Å². The lowest BCUT2D eigenvalue weighted by Gasteiger charge is -2.15. The Bertz CT molecular complexity index is 3990. The Labute approximate surface area is 393 Å². The first-order chi connectivity index (χ1) is 33.7. The van der Waals surface area contributed by atoms with Gasteiger partial charge in [0.05, 0.1) is 27.8 Å². The Morgan fingerprint density at radius 2 is 0.662 bits per heavy atom. The molecule has 13 rings (SSSR count). The number of para-hydroxylation sites is 2. The highest BCUT2D eigenvalue weighted by Crippen LogP contribution is 2.41. The molecule has 0 atom stereocenters. The number of hydrogen-bond acceptors (Lipinski definition) is 3. The Hall–Kier alpha value is -9.19. The fourth-order valence-corrected chi connectivity index (χ4v) is 9.92. The maximum atomic E-state index is 5.31. The van der Waals surface area contributed by atoms with E-state index in [4.69, 9.17) is 15.0 Å². The van der Waals surface area contributed by atoms with Crippen LogP contribution in [-0.2, 0) is 0 Å². The number of aromatic nitrogens is 5. The van der Waals surface area contributed by atoms with Gasteiger partial charge in [-0.15, -0.1) is 0 Å². The van der Waals surface area contributed by atoms with E-state index in [9.17, 15) is 0 Å². The maximum Gasteiger partial charge on any atom is 0.166 e. The van der Waals surface area contributed by atoms with E-state index < -0.39 is 0 Å². The van der Waals surface area contributed by atoms with Gasteiger partial charge in [-0.05, 0) is 81.9 Å². The van der Waals surface area contributed by atoms with E-state index in [-0.39, 0.29) is 0 Å². The van der Waals surface area contributed by atoms with Gasteiger partial charge in [0.1, 0.15) is 0 Å². The van der Waals surface area contributed by atoms with Crippen molar-refractivity contribution in [1.82, 2.24) is 24.1 Å². The summed E-state index contributed by atoms with van der Waals surface area (Å²) < 4.78 is 4.83. The van der Waals surface area contributed by atoms with Crippen LogP contribution in [0.3, 0.4) is 0 Å². The number of hydrogen-bond donors (Lipinski definition) is 0. The lowest BCUT2D eigenvalue weighted by Crippen LogP contribution is -2.04. The van der Waals surface area contributed by atoms with E-state index in [0.29, 0.717) is 17.5 Å². The molecular formula is C63H41N5. The molecule has 13 aromatic rings. The van der Waals surface area contributed by atoms with Gasteiger partial charge < -0.3 is 9.13 Å². The van der Waals surface area contributed by atoms with E-state index in [0.717, 1.165) is 72.0 Å². The first-order valence-corrected chi connectivity index (χ1v) is 23.0. The predicted octanol–water partition coefficient (Wildman–Crippen LogP) is 16.1. The van der Waals surface area contributed by atoms with Crippen molar-refractivity contribution in [3.63, 3.8) is 0 Å². The molecule has 0 aliphatic rings. The minimum atomic E-state index is 0.597. The van der Waals surface area contributed by atoms with Crippen molar-refractivity contribution in [3.8, 4) is 78.9 Å². The highest BCUT2D eigenvalue weighted by atomic mass is 15.1. The zero-order valence-corrected chi connectivity index (χ0v) is 36.9. The average molecular weight is 868 g/mol. The van der Waals surface area contributed by atoms with Crippen LogP contribution in [0.4, 0.5) is 0 Å². The fraction of sp³-hybridized carbons (Fsp3) is 0. The monoisotopic (exact) mass is 867 g/mol. The van der Waals surface area contributed by atoms with Crippen LogP contribution in [0.1, 0.15) is 0 Å². The molecule has 0 bridgehead atoms. The van der Waals surface area contributed by atoms with Gasteiger partial charge in [0.25, 0.3) is 0 Å². The Morgan fingerprint density at radius 3 is 1.35 bits per heavy atom. The Morgan fingerprint density at radius 1 is 0.235 bits per heavy atom. The molecule has 3 heterocycles. The minimum absolute atomic E-state index is 0.597. The van der Waals surface area contributed by atoms with Crippen molar-refractivity contribution in [2.24, 2.45) is 0 Å². The molecule has 0 aliphatic carbocycles. The average Bonchev–Trinajstić information content (AvgIpc) is 3.93. The molecule has 68 heavy (non-hydrogen) atoms. The van der Waals surface area contributed by atoms with E-state index >= 15 is 0 Å². The number of benzene rings is 10. The van der Waals surface area contributed by atoms with Crippen LogP contribution in [0.5, 0.6) is 0 Å². The zero-order chi connectivity index (χ0) is 45.0. The molecule has 0 N–H and O–H groups in total. The topological polar surface area (TPSA) is 48.5 Å². The second-order valence-electron chi connectivity index (χ2n) is 17.2. The lowest BCUT2D eigenvalue weighted by molar-refractivity contribution is 1.06. The Kier molecular flexibility index (Phi) is 9.43. The highest BCUT2D eigenvalue weighted by molar-refractivity contribution is 6.13. The minimum Gasteiger partial charge on any atom is -0.309 e. The SMILES string of the molecule is c1ccc(-c2ccc(-c3nc(-c4ccccc4)nc(-c4ccccc4-n4c5ccc(-c6ccccc6)cc5c5ccc(-n6c7ccccc7c7ccc(-c8ccccc8)cc76)cc54)n3)cc2)cc1. The molecule has 318 valence electrons. The Balaban J connectivity index is 1.05. The van der Waals surface area contributed by atoms with Gasteiger partial charge in [-0.2, -0.15) is 0 Å². The first-order valence-electron chi connectivity index (χ1n) is 23.0. The molecule has 0 unspecified atom stereocenters. The van der Waals surface area contributed by atoms with Crippen molar-refractivity contribution in [2.75, 3.05) is 0 Å². The molecule has 0 radical (unpaired) electrons. The summed E-state index contributed by atoms with van der Waals surface area (Å²) >= 11 is 0. The number of nitrogens with zero attached hydrogens (tertiary/aromatic N) is 5. The number of rotatable bonds is 8. The van der Waals surface area contributed by atoms with Gasteiger partial charge >= 0.3 is 0 Å². The summed E-state index contributed by atoms with van der Waals surface area (Å²) in [7, 11) is 0. The molecule has 0 aliphatic heterocycles. The summed E-state index contributed by atoms with van der Waals surface area (Å²) in [5.41, 5.74) is 16.3. The van der Waals surface area contributed by atoms with Crippen LogP contribution in [0.2, 0.25) is 0 Å². The second-order valence-corrected chi connectivity index (χ2v) is 17.2. The molecule has 0 saturated heterocycles. The van der Waals surface area contributed by atoms with Crippen molar-refractivity contribution >= 4 is 43.6 Å². The smallest absolute Gasteiger partial charge is 0.166 e. The summed E-state index contributed by atoms with van der Waals surface area (Å²) in [6.07, 6.45) is 0. The van der Waals surface area contributed by atoms with Crippen LogP contribution < -0.4 is 0 Å². The molecule has 0 spiro atoms. The quantitative estimate of drug-likeness (QED) is 0.153. The molecule has 0 saturated carbocycles. The van der Waals surface area contributed by atoms with Gasteiger partial charge in [-0.3, -0.25) is 0 Å². The molecular weight excluding hydrogens is 827 g/mol. The van der Waals surface area contributed by atoms with Gasteiger partial charge in [0.15, 0.2) is 17.5 Å². The predicted molar refractivity (Wildman–Crippen MR) is 281 cm³/mol. The van der Waals surface area contributed by atoms with Crippen LogP contribution >= 0.6 is 0 Å². The third kappa shape index (κ3) is 6.76. The van der Waals surface area contributed by atoms with Gasteiger partial charge in [0, 0.05) is 43.9 Å². The molecule has 10 aromatic carbocycles. The van der Waals surface area contributed by atoms with Gasteiger partial charge in [0.2, 0.25) is 0 Å². The largest absolute Gasteiger partial charge is 0.309 e. The summed E-state index contributed by atoms with van der Waals surface area (Å²) in [6, 6.07) is 88.3. The highest BCUT2D eigenvalue weighted by Gasteiger charge is 2.22. The molecule has 0 amide bonds. The van der Waals surface area contributed by atoms with E-state index in [1.165, 1.54) is 33.0 Å². The van der Waals surface area contributed by atoms with E-state index in [1.807, 2.05) is 24.3 Å². The summed E-state index contributed by atoms with van der Waals surface area (Å²) in [5, 5.41) is 4.75. The summed E-state index contributed by atoms with van der Waals surface area (Å²) in [4.78, 5) is 15.7. The molecule has 3 aromatic heterocycles. The molecule has 5 nitrogen and oxygen atoms in total. The van der Waals surface area contributed by atoms with Crippen LogP contribution in [0.15, 0.2) is 249 Å². The van der Waals surface area contributed by atoms with Crippen molar-refractivity contribution in [2.45, 2.75) is 0 Å². The summed E-state index contributed by atoms with van der Waals surface area (Å²) in [6.45, 7) is 0. The zero-order valence-electron chi connectivity index (χ0n) is 36.9. The standard InChI is InChI=1S/C63H41N5/c1-5-17-42(18-6-1)45-29-31-47(32-30-45)62-64-61(46-23-11-4-12-24-46)65-63(66-62)54-26-14-16-28-57(54)68-58-38-34-48(43-19-7-2-8-20-43)39-55(58)53-37-35-50(41-60(53)68)67-56-27-15-13-25-51(56)52-36-33-49(40-59(52)67)44-21-9-3-10-22-44/h1-41H. The van der Waals surface area contributed by atoms with Crippen LogP contribution in [0.25, 0.3) is 123 Å². The normalized spacial score (nSPS) is 11.5. The van der Waals surface area contributed by atoms with Gasteiger partial charge in [-0.1, -0.05) is 200 Å². The third-order valence-electron chi connectivity index (χ3n) is 13.2. The van der Waals surface area contributed by atoms with Crippen molar-refractivity contribution in [3.05, 3.63) is 249 Å². The van der Waals surface area contributed by atoms with Crippen LogP contribution in [0, 0.1) is 0 Å². The van der Waals surface area contributed by atoms with Crippen LogP contribution in [-0.4, -0.2) is 24.1 Å². The molecule has 0 fully saturated rings. The number of fused-ring (bicyclic) bond motifs is 6. The fourth-order valence-electron chi connectivity index (χ4n) is 9.92. The lowest BCUT2D eigenvalue weighted by atomic mass is 10.0. The van der Waals surface area contributed by atoms with E-state index in [1.54, 1.807) is 0 Å². The maximum absolute atomic E-state index is 5.31. The first kappa shape index (κ1) is 39.2. The summed E-state index contributed by atoms with van der Waals surface area (Å²) in [5.74, 6) is 1.83. The second kappa shape index (κ2) is 16.4. The van der Waals surface area contributed by atoms with E-state index in [2.05, 4.69) is 234 Å². The third-order valence-corrected chi connectivity index (χ3v) is 13.2. The van der Waals surface area contributed by atoms with Gasteiger partial charge in [-0.25, -0.2) is 15.0 Å².